The van der Waals surface area contributed by atoms with Gasteiger partial charge in [-0.15, -0.1) is 6.58 Å². The molecule has 90 valence electrons. The molecule has 0 aliphatic carbocycles. The van der Waals surface area contributed by atoms with Crippen LogP contribution in [0.15, 0.2) is 12.7 Å². The summed E-state index contributed by atoms with van der Waals surface area (Å²) in [5, 5.41) is 3.55. The Morgan fingerprint density at radius 1 is 1.33 bits per heavy atom. The number of allylic oxidation sites excluding steroid dienone is 1. The summed E-state index contributed by atoms with van der Waals surface area (Å²) in [4.78, 5) is 0. The normalized spacial score (nSPS) is 14.3. The number of rotatable bonds is 8. The molecule has 1 atom stereocenters. The van der Waals surface area contributed by atoms with Gasteiger partial charge in [-0.25, -0.2) is 0 Å². The van der Waals surface area contributed by atoms with E-state index in [0.29, 0.717) is 11.3 Å². The number of hydrogen-bond acceptors (Lipinski definition) is 1. The number of hydrogen-bond donors (Lipinski definition) is 1. The van der Waals surface area contributed by atoms with Crippen molar-refractivity contribution >= 4 is 0 Å². The average Bonchev–Trinajstić information content (AvgIpc) is 2.12. The predicted molar refractivity (Wildman–Crippen MR) is 70.1 cm³/mol. The van der Waals surface area contributed by atoms with Crippen molar-refractivity contribution in [3.8, 4) is 0 Å². The summed E-state index contributed by atoms with van der Waals surface area (Å²) in [6.45, 7) is 17.6. The Morgan fingerprint density at radius 3 is 2.33 bits per heavy atom. The summed E-state index contributed by atoms with van der Waals surface area (Å²) in [5.74, 6) is 1.36. The lowest BCUT2D eigenvalue weighted by molar-refractivity contribution is 0.231. The maximum Gasteiger partial charge on any atom is 0.000826 e. The van der Waals surface area contributed by atoms with Crippen molar-refractivity contribution in [2.75, 3.05) is 13.1 Å². The van der Waals surface area contributed by atoms with E-state index in [1.54, 1.807) is 0 Å². The standard InChI is InChI=1S/C14H29N/c1-7-9-13(8-2)14(5,6)11-15-10-12(3)4/h8,12-13,15H,2,7,9-11H2,1,3-6H3. The molecule has 1 heteroatoms. The molecule has 0 radical (unpaired) electrons. The summed E-state index contributed by atoms with van der Waals surface area (Å²) in [5.41, 5.74) is 0.326. The lowest BCUT2D eigenvalue weighted by Crippen LogP contribution is -2.36. The van der Waals surface area contributed by atoms with Gasteiger partial charge < -0.3 is 5.32 Å². The summed E-state index contributed by atoms with van der Waals surface area (Å²) in [6.07, 6.45) is 4.62. The van der Waals surface area contributed by atoms with Crippen LogP contribution in [0, 0.1) is 17.3 Å². The molecule has 1 unspecified atom stereocenters. The highest BCUT2D eigenvalue weighted by Crippen LogP contribution is 2.30. The molecule has 15 heavy (non-hydrogen) atoms. The Hall–Kier alpha value is -0.300. The topological polar surface area (TPSA) is 12.0 Å². The number of nitrogens with one attached hydrogen (secondary N) is 1. The fourth-order valence-electron chi connectivity index (χ4n) is 1.95. The highest BCUT2D eigenvalue weighted by molar-refractivity contribution is 4.91. The van der Waals surface area contributed by atoms with Gasteiger partial charge in [-0.3, -0.25) is 0 Å². The van der Waals surface area contributed by atoms with Crippen LogP contribution in [0.3, 0.4) is 0 Å². The molecule has 0 heterocycles. The van der Waals surface area contributed by atoms with Crippen LogP contribution in [-0.2, 0) is 0 Å². The zero-order valence-corrected chi connectivity index (χ0v) is 11.3. The van der Waals surface area contributed by atoms with Crippen molar-refractivity contribution < 1.29 is 0 Å². The van der Waals surface area contributed by atoms with Gasteiger partial charge in [0.1, 0.15) is 0 Å². The second kappa shape index (κ2) is 7.05. The molecule has 0 aromatic rings. The molecule has 1 N–H and O–H groups in total. The third-order valence-corrected chi connectivity index (χ3v) is 3.02. The maximum absolute atomic E-state index is 3.96. The third kappa shape index (κ3) is 5.99. The molecule has 0 amide bonds. The molecular weight excluding hydrogens is 182 g/mol. The van der Waals surface area contributed by atoms with E-state index in [0.717, 1.165) is 19.0 Å². The van der Waals surface area contributed by atoms with Crippen molar-refractivity contribution in [3.05, 3.63) is 12.7 Å². The molecule has 0 rings (SSSR count). The molecule has 0 saturated carbocycles. The summed E-state index contributed by atoms with van der Waals surface area (Å²) >= 11 is 0. The van der Waals surface area contributed by atoms with Crippen molar-refractivity contribution in [2.24, 2.45) is 17.3 Å². The Labute approximate surface area is 96.3 Å². The average molecular weight is 211 g/mol. The minimum Gasteiger partial charge on any atom is -0.316 e. The fourth-order valence-corrected chi connectivity index (χ4v) is 1.95. The fraction of sp³-hybridized carbons (Fsp3) is 0.857. The van der Waals surface area contributed by atoms with E-state index < -0.39 is 0 Å². The van der Waals surface area contributed by atoms with Crippen LogP contribution in [0.4, 0.5) is 0 Å². The van der Waals surface area contributed by atoms with E-state index >= 15 is 0 Å². The Balaban J connectivity index is 4.06. The second-order valence-corrected chi connectivity index (χ2v) is 5.64. The van der Waals surface area contributed by atoms with Crippen molar-refractivity contribution in [1.82, 2.24) is 5.32 Å². The second-order valence-electron chi connectivity index (χ2n) is 5.64. The van der Waals surface area contributed by atoms with Gasteiger partial charge in [-0.1, -0.05) is 47.1 Å². The summed E-state index contributed by atoms with van der Waals surface area (Å²) < 4.78 is 0. The van der Waals surface area contributed by atoms with Crippen LogP contribution >= 0.6 is 0 Å². The lowest BCUT2D eigenvalue weighted by Gasteiger charge is -2.33. The monoisotopic (exact) mass is 211 g/mol. The highest BCUT2D eigenvalue weighted by atomic mass is 14.9. The molecule has 1 nitrogen and oxygen atoms in total. The van der Waals surface area contributed by atoms with Crippen LogP contribution in [-0.4, -0.2) is 13.1 Å². The van der Waals surface area contributed by atoms with Crippen molar-refractivity contribution in [1.29, 1.82) is 0 Å². The molecule has 0 saturated heterocycles. The van der Waals surface area contributed by atoms with Gasteiger partial charge in [0.05, 0.1) is 0 Å². The maximum atomic E-state index is 3.96. The van der Waals surface area contributed by atoms with E-state index in [1.165, 1.54) is 12.8 Å². The minimum atomic E-state index is 0.326. The van der Waals surface area contributed by atoms with Crippen LogP contribution in [0.5, 0.6) is 0 Å². The minimum absolute atomic E-state index is 0.326. The van der Waals surface area contributed by atoms with E-state index in [9.17, 15) is 0 Å². The van der Waals surface area contributed by atoms with Gasteiger partial charge in [0.25, 0.3) is 0 Å². The summed E-state index contributed by atoms with van der Waals surface area (Å²) in [7, 11) is 0. The first-order chi connectivity index (χ1) is 6.94. The smallest absolute Gasteiger partial charge is 0.000826 e. The van der Waals surface area contributed by atoms with Crippen LogP contribution in [0.2, 0.25) is 0 Å². The first-order valence-electron chi connectivity index (χ1n) is 6.27. The van der Waals surface area contributed by atoms with Gasteiger partial charge in [0.15, 0.2) is 0 Å². The molecule has 0 aromatic carbocycles. The third-order valence-electron chi connectivity index (χ3n) is 3.02. The Morgan fingerprint density at radius 2 is 1.93 bits per heavy atom. The van der Waals surface area contributed by atoms with E-state index in [1.807, 2.05) is 0 Å². The quantitative estimate of drug-likeness (QED) is 0.601. The predicted octanol–water partition coefficient (Wildman–Crippen LogP) is 3.86. The van der Waals surface area contributed by atoms with Gasteiger partial charge in [0, 0.05) is 6.54 Å². The zero-order valence-electron chi connectivity index (χ0n) is 11.3. The van der Waals surface area contributed by atoms with E-state index in [4.69, 9.17) is 0 Å². The lowest BCUT2D eigenvalue weighted by atomic mass is 9.76. The first kappa shape index (κ1) is 14.7. The van der Waals surface area contributed by atoms with E-state index in [2.05, 4.69) is 52.6 Å². The van der Waals surface area contributed by atoms with Gasteiger partial charge >= 0.3 is 0 Å². The molecule has 0 aromatic heterocycles. The van der Waals surface area contributed by atoms with Crippen LogP contribution in [0.25, 0.3) is 0 Å². The van der Waals surface area contributed by atoms with Crippen LogP contribution < -0.4 is 5.32 Å². The highest BCUT2D eigenvalue weighted by Gasteiger charge is 2.25. The molecule has 0 fully saturated rings. The van der Waals surface area contributed by atoms with Crippen molar-refractivity contribution in [2.45, 2.75) is 47.5 Å². The van der Waals surface area contributed by atoms with Gasteiger partial charge in [-0.2, -0.15) is 0 Å². The Kier molecular flexibility index (Phi) is 6.91. The molecule has 0 bridgehead atoms. The molecule has 0 spiro atoms. The van der Waals surface area contributed by atoms with E-state index in [-0.39, 0.29) is 0 Å². The molecule has 0 aliphatic heterocycles. The first-order valence-corrected chi connectivity index (χ1v) is 6.27. The molecular formula is C14H29N. The van der Waals surface area contributed by atoms with Gasteiger partial charge in [0.2, 0.25) is 0 Å². The zero-order chi connectivity index (χ0) is 11.9. The van der Waals surface area contributed by atoms with Crippen molar-refractivity contribution in [3.63, 3.8) is 0 Å². The largest absolute Gasteiger partial charge is 0.316 e. The molecule has 0 aliphatic rings. The SMILES string of the molecule is C=CC(CCC)C(C)(C)CNCC(C)C. The van der Waals surface area contributed by atoms with Gasteiger partial charge in [-0.05, 0) is 30.2 Å². The summed E-state index contributed by atoms with van der Waals surface area (Å²) in [6, 6.07) is 0. The van der Waals surface area contributed by atoms with Crippen LogP contribution in [0.1, 0.15) is 47.5 Å². The Bertz CT molecular complexity index is 170.